The third-order valence-corrected chi connectivity index (χ3v) is 4.60. The maximum Gasteiger partial charge on any atom is 0.183 e. The lowest BCUT2D eigenvalue weighted by molar-refractivity contribution is 0.414. The maximum atomic E-state index is 5.52. The fraction of sp³-hybridized carbons (Fsp3) is 0.286. The highest BCUT2D eigenvalue weighted by atomic mass is 79.9. The van der Waals surface area contributed by atoms with Gasteiger partial charge in [-0.25, -0.2) is 0 Å². The summed E-state index contributed by atoms with van der Waals surface area (Å²) >= 11 is 6.73. The predicted molar refractivity (Wildman–Crippen MR) is 82.4 cm³/mol. The van der Waals surface area contributed by atoms with Crippen molar-refractivity contribution in [1.82, 2.24) is 5.32 Å². The molecule has 5 heteroatoms. The maximum absolute atomic E-state index is 5.52. The second kappa shape index (κ2) is 6.59. The van der Waals surface area contributed by atoms with Crippen LogP contribution >= 0.6 is 31.9 Å². The zero-order valence-electron chi connectivity index (χ0n) is 10.7. The topological polar surface area (TPSA) is 34.4 Å². The Morgan fingerprint density at radius 3 is 2.47 bits per heavy atom. The standard InChI is InChI=1S/C14H15Br2NO2/c1-9(10-3-5-11(18-2)6-4-10)17-8-12-7-13(15)14(16)19-12/h3-7,9,17H,8H2,1-2H3. The Labute approximate surface area is 129 Å². The predicted octanol–water partition coefficient (Wildman–Crippen LogP) is 4.66. The van der Waals surface area contributed by atoms with E-state index < -0.39 is 0 Å². The van der Waals surface area contributed by atoms with Crippen molar-refractivity contribution in [2.75, 3.05) is 7.11 Å². The summed E-state index contributed by atoms with van der Waals surface area (Å²) in [5, 5.41) is 3.42. The van der Waals surface area contributed by atoms with Gasteiger partial charge in [-0.05, 0) is 62.5 Å². The summed E-state index contributed by atoms with van der Waals surface area (Å²) in [7, 11) is 1.67. The van der Waals surface area contributed by atoms with Crippen LogP contribution in [-0.2, 0) is 6.54 Å². The number of halogens is 2. The number of rotatable bonds is 5. The van der Waals surface area contributed by atoms with E-state index in [0.717, 1.165) is 20.7 Å². The lowest BCUT2D eigenvalue weighted by atomic mass is 10.1. The third-order valence-electron chi connectivity index (χ3n) is 2.89. The van der Waals surface area contributed by atoms with Gasteiger partial charge in [-0.1, -0.05) is 12.1 Å². The number of furan rings is 1. The molecular weight excluding hydrogens is 374 g/mol. The molecule has 0 saturated heterocycles. The van der Waals surface area contributed by atoms with Crippen molar-refractivity contribution >= 4 is 31.9 Å². The zero-order valence-corrected chi connectivity index (χ0v) is 13.9. The molecule has 0 aliphatic carbocycles. The molecule has 1 aromatic carbocycles. The Bertz CT molecular complexity index is 517. The monoisotopic (exact) mass is 387 g/mol. The van der Waals surface area contributed by atoms with Crippen LogP contribution in [0.2, 0.25) is 0 Å². The van der Waals surface area contributed by atoms with Crippen molar-refractivity contribution in [2.24, 2.45) is 0 Å². The molecule has 2 rings (SSSR count). The summed E-state index contributed by atoms with van der Waals surface area (Å²) in [6.45, 7) is 2.80. The fourth-order valence-electron chi connectivity index (χ4n) is 1.74. The minimum Gasteiger partial charge on any atom is -0.497 e. The first-order valence-corrected chi connectivity index (χ1v) is 7.50. The van der Waals surface area contributed by atoms with Crippen molar-refractivity contribution in [2.45, 2.75) is 19.5 Å². The Hall–Kier alpha value is -0.780. The summed E-state index contributed by atoms with van der Waals surface area (Å²) in [4.78, 5) is 0. The van der Waals surface area contributed by atoms with Gasteiger partial charge in [0.25, 0.3) is 0 Å². The lowest BCUT2D eigenvalue weighted by Crippen LogP contribution is -2.17. The van der Waals surface area contributed by atoms with Crippen LogP contribution in [0.5, 0.6) is 5.75 Å². The molecule has 1 N–H and O–H groups in total. The first-order chi connectivity index (χ1) is 9.10. The SMILES string of the molecule is COc1ccc(C(C)NCc2cc(Br)c(Br)o2)cc1. The lowest BCUT2D eigenvalue weighted by Gasteiger charge is -2.13. The van der Waals surface area contributed by atoms with Gasteiger partial charge in [0.05, 0.1) is 18.1 Å². The van der Waals surface area contributed by atoms with Crippen LogP contribution in [0.3, 0.4) is 0 Å². The second-order valence-electron chi connectivity index (χ2n) is 4.21. The van der Waals surface area contributed by atoms with Crippen LogP contribution in [0.25, 0.3) is 0 Å². The van der Waals surface area contributed by atoms with Gasteiger partial charge in [-0.15, -0.1) is 0 Å². The van der Waals surface area contributed by atoms with Crippen LogP contribution in [0.15, 0.2) is 43.9 Å². The Balaban J connectivity index is 1.94. The largest absolute Gasteiger partial charge is 0.497 e. The molecule has 1 heterocycles. The average molecular weight is 389 g/mol. The minimum absolute atomic E-state index is 0.244. The van der Waals surface area contributed by atoms with E-state index in [1.165, 1.54) is 5.56 Å². The molecule has 1 unspecified atom stereocenters. The van der Waals surface area contributed by atoms with Gasteiger partial charge in [-0.3, -0.25) is 0 Å². The van der Waals surface area contributed by atoms with Gasteiger partial charge in [-0.2, -0.15) is 0 Å². The second-order valence-corrected chi connectivity index (χ2v) is 5.78. The quantitative estimate of drug-likeness (QED) is 0.808. The molecule has 19 heavy (non-hydrogen) atoms. The third kappa shape index (κ3) is 3.84. The van der Waals surface area contributed by atoms with Crippen LogP contribution < -0.4 is 10.1 Å². The number of nitrogens with one attached hydrogen (secondary N) is 1. The van der Waals surface area contributed by atoms with Crippen LogP contribution in [0.4, 0.5) is 0 Å². The van der Waals surface area contributed by atoms with Gasteiger partial charge >= 0.3 is 0 Å². The van der Waals surface area contributed by atoms with Gasteiger partial charge in [0.1, 0.15) is 11.5 Å². The Morgan fingerprint density at radius 2 is 1.95 bits per heavy atom. The van der Waals surface area contributed by atoms with Crippen molar-refractivity contribution in [1.29, 1.82) is 0 Å². The number of hydrogen-bond acceptors (Lipinski definition) is 3. The first-order valence-electron chi connectivity index (χ1n) is 5.91. The van der Waals surface area contributed by atoms with E-state index in [1.54, 1.807) is 7.11 Å². The van der Waals surface area contributed by atoms with Crippen molar-refractivity contribution in [3.63, 3.8) is 0 Å². The van der Waals surface area contributed by atoms with E-state index in [1.807, 2.05) is 18.2 Å². The molecule has 0 amide bonds. The van der Waals surface area contributed by atoms with Gasteiger partial charge < -0.3 is 14.5 Å². The number of ether oxygens (including phenoxy) is 1. The molecular formula is C14H15Br2NO2. The highest BCUT2D eigenvalue weighted by molar-refractivity contribution is 9.13. The van der Waals surface area contributed by atoms with Gasteiger partial charge in [0.2, 0.25) is 0 Å². The Kier molecular flexibility index (Phi) is 5.07. The molecule has 0 bridgehead atoms. The molecule has 0 saturated carbocycles. The molecule has 0 aliphatic heterocycles. The normalized spacial score (nSPS) is 12.4. The van der Waals surface area contributed by atoms with E-state index >= 15 is 0 Å². The van der Waals surface area contributed by atoms with Crippen LogP contribution in [0.1, 0.15) is 24.3 Å². The van der Waals surface area contributed by atoms with Gasteiger partial charge in [0, 0.05) is 6.04 Å². The number of methoxy groups -OCH3 is 1. The van der Waals surface area contributed by atoms with E-state index in [2.05, 4.69) is 56.2 Å². The summed E-state index contributed by atoms with van der Waals surface area (Å²) < 4.78 is 12.3. The van der Waals surface area contributed by atoms with Gasteiger partial charge in [0.15, 0.2) is 4.67 Å². The van der Waals surface area contributed by atoms with Crippen molar-refractivity contribution < 1.29 is 9.15 Å². The summed E-state index contributed by atoms with van der Waals surface area (Å²) in [5.41, 5.74) is 1.21. The molecule has 102 valence electrons. The van der Waals surface area contributed by atoms with Crippen molar-refractivity contribution in [3.05, 3.63) is 50.8 Å². The molecule has 0 spiro atoms. The van der Waals surface area contributed by atoms with Crippen molar-refractivity contribution in [3.8, 4) is 5.75 Å². The summed E-state index contributed by atoms with van der Waals surface area (Å²) in [5.74, 6) is 1.76. The molecule has 0 fully saturated rings. The molecule has 3 nitrogen and oxygen atoms in total. The molecule has 0 radical (unpaired) electrons. The highest BCUT2D eigenvalue weighted by Gasteiger charge is 2.09. The number of hydrogen-bond donors (Lipinski definition) is 1. The molecule has 0 aliphatic rings. The average Bonchev–Trinajstić information content (AvgIpc) is 2.75. The first kappa shape index (κ1) is 14.6. The fourth-order valence-corrected chi connectivity index (χ4v) is 2.40. The van der Waals surface area contributed by atoms with Crippen LogP contribution in [-0.4, -0.2) is 7.11 Å². The van der Waals surface area contributed by atoms with E-state index in [0.29, 0.717) is 6.54 Å². The minimum atomic E-state index is 0.244. The summed E-state index contributed by atoms with van der Waals surface area (Å²) in [6, 6.07) is 10.3. The van der Waals surface area contributed by atoms with E-state index in [4.69, 9.17) is 9.15 Å². The molecule has 1 aromatic heterocycles. The summed E-state index contributed by atoms with van der Waals surface area (Å²) in [6.07, 6.45) is 0. The van der Waals surface area contributed by atoms with Crippen LogP contribution in [0, 0.1) is 0 Å². The molecule has 2 aromatic rings. The number of benzene rings is 1. The highest BCUT2D eigenvalue weighted by Crippen LogP contribution is 2.27. The van der Waals surface area contributed by atoms with E-state index in [-0.39, 0.29) is 6.04 Å². The smallest absolute Gasteiger partial charge is 0.183 e. The molecule has 1 atom stereocenters. The zero-order chi connectivity index (χ0) is 13.8. The Morgan fingerprint density at radius 1 is 1.26 bits per heavy atom. The van der Waals surface area contributed by atoms with E-state index in [9.17, 15) is 0 Å².